The Morgan fingerprint density at radius 2 is 2.18 bits per heavy atom. The van der Waals surface area contributed by atoms with Crippen molar-refractivity contribution in [3.8, 4) is 10.6 Å². The Kier molecular flexibility index (Phi) is 4.10. The molecule has 0 saturated heterocycles. The van der Waals surface area contributed by atoms with E-state index in [4.69, 9.17) is 0 Å². The van der Waals surface area contributed by atoms with Crippen LogP contribution in [-0.4, -0.2) is 32.6 Å². The second kappa shape index (κ2) is 6.35. The van der Waals surface area contributed by atoms with Crippen LogP contribution < -0.4 is 11.0 Å². The first-order valence-corrected chi connectivity index (χ1v) is 7.53. The normalized spacial score (nSPS) is 10.5. The summed E-state index contributed by atoms with van der Waals surface area (Å²) in [6, 6.07) is 9.25. The van der Waals surface area contributed by atoms with Crippen LogP contribution in [0.2, 0.25) is 0 Å². The molecule has 0 fully saturated rings. The fourth-order valence-electron chi connectivity index (χ4n) is 1.93. The van der Waals surface area contributed by atoms with Gasteiger partial charge >= 0.3 is 5.69 Å². The van der Waals surface area contributed by atoms with Gasteiger partial charge in [0.2, 0.25) is 0 Å². The lowest BCUT2D eigenvalue weighted by Gasteiger charge is -2.04. The molecule has 0 spiro atoms. The Hall–Kier alpha value is -2.74. The standard InChI is InChI=1S/C14H13N5O2S/c20-13(15-7-6-12-17-14(21)19-18-12)10-4-1-3-9(16-10)11-5-2-8-22-11/h1-5,8H,6-7H2,(H,15,20)(H2,17,18,19,21). The van der Waals surface area contributed by atoms with Gasteiger partial charge in [-0.2, -0.15) is 5.10 Å². The minimum Gasteiger partial charge on any atom is -0.350 e. The molecule has 0 saturated carbocycles. The number of rotatable bonds is 5. The zero-order valence-electron chi connectivity index (χ0n) is 11.5. The Bertz CT molecular complexity index is 822. The van der Waals surface area contributed by atoms with E-state index in [1.165, 1.54) is 0 Å². The maximum atomic E-state index is 12.1. The van der Waals surface area contributed by atoms with Crippen molar-refractivity contribution in [2.45, 2.75) is 6.42 Å². The van der Waals surface area contributed by atoms with Crippen LogP contribution in [-0.2, 0) is 6.42 Å². The number of carbonyl (C=O) groups excluding carboxylic acids is 1. The summed E-state index contributed by atoms with van der Waals surface area (Å²) in [4.78, 5) is 30.9. The zero-order chi connectivity index (χ0) is 15.4. The number of hydrogen-bond acceptors (Lipinski definition) is 5. The van der Waals surface area contributed by atoms with Crippen molar-refractivity contribution in [2.24, 2.45) is 0 Å². The summed E-state index contributed by atoms with van der Waals surface area (Å²) in [6.45, 7) is 0.366. The Morgan fingerprint density at radius 3 is 2.91 bits per heavy atom. The number of aromatic amines is 2. The average Bonchev–Trinajstić information content (AvgIpc) is 3.19. The second-order valence-corrected chi connectivity index (χ2v) is 5.46. The lowest BCUT2D eigenvalue weighted by molar-refractivity contribution is 0.0949. The van der Waals surface area contributed by atoms with E-state index in [9.17, 15) is 9.59 Å². The topological polar surface area (TPSA) is 104 Å². The number of nitrogens with zero attached hydrogens (tertiary/aromatic N) is 2. The maximum absolute atomic E-state index is 12.1. The van der Waals surface area contributed by atoms with Gasteiger partial charge < -0.3 is 5.32 Å². The number of thiophene rings is 1. The van der Waals surface area contributed by atoms with Gasteiger partial charge in [0, 0.05) is 13.0 Å². The van der Waals surface area contributed by atoms with Gasteiger partial charge in [0.05, 0.1) is 10.6 Å². The molecule has 3 aromatic heterocycles. The number of amides is 1. The fraction of sp³-hybridized carbons (Fsp3) is 0.143. The van der Waals surface area contributed by atoms with Crippen LogP contribution in [0.4, 0.5) is 0 Å². The van der Waals surface area contributed by atoms with E-state index in [1.807, 2.05) is 29.6 Å². The van der Waals surface area contributed by atoms with Crippen molar-refractivity contribution in [2.75, 3.05) is 6.54 Å². The second-order valence-electron chi connectivity index (χ2n) is 4.52. The predicted octanol–water partition coefficient (Wildman–Crippen LogP) is 1.19. The van der Waals surface area contributed by atoms with Crippen LogP contribution in [0.25, 0.3) is 10.6 Å². The van der Waals surface area contributed by atoms with Gasteiger partial charge in [0.15, 0.2) is 0 Å². The summed E-state index contributed by atoms with van der Waals surface area (Å²) < 4.78 is 0. The molecule has 0 aliphatic rings. The molecule has 112 valence electrons. The van der Waals surface area contributed by atoms with Crippen molar-refractivity contribution < 1.29 is 4.79 Å². The molecular formula is C14H13N5O2S. The molecule has 0 aliphatic heterocycles. The number of pyridine rings is 1. The van der Waals surface area contributed by atoms with Crippen LogP contribution in [0.5, 0.6) is 0 Å². The highest BCUT2D eigenvalue weighted by Gasteiger charge is 2.09. The summed E-state index contributed by atoms with van der Waals surface area (Å²) >= 11 is 1.57. The van der Waals surface area contributed by atoms with Gasteiger partial charge in [0.25, 0.3) is 5.91 Å². The van der Waals surface area contributed by atoms with Crippen molar-refractivity contribution >= 4 is 17.2 Å². The predicted molar refractivity (Wildman–Crippen MR) is 82.8 cm³/mol. The van der Waals surface area contributed by atoms with Crippen LogP contribution in [0.15, 0.2) is 40.5 Å². The minimum absolute atomic E-state index is 0.253. The summed E-state index contributed by atoms with van der Waals surface area (Å²) in [6.07, 6.45) is 0.440. The third kappa shape index (κ3) is 3.29. The minimum atomic E-state index is -0.355. The van der Waals surface area contributed by atoms with E-state index in [-0.39, 0.29) is 11.6 Å². The average molecular weight is 315 g/mol. The molecule has 3 N–H and O–H groups in total. The first kappa shape index (κ1) is 14.2. The third-order valence-corrected chi connectivity index (χ3v) is 3.85. The lowest BCUT2D eigenvalue weighted by atomic mass is 10.2. The van der Waals surface area contributed by atoms with Gasteiger partial charge in [-0.25, -0.2) is 14.9 Å². The van der Waals surface area contributed by atoms with Crippen molar-refractivity contribution in [3.63, 3.8) is 0 Å². The van der Waals surface area contributed by atoms with E-state index in [2.05, 4.69) is 25.5 Å². The van der Waals surface area contributed by atoms with Crippen LogP contribution >= 0.6 is 11.3 Å². The Balaban J connectivity index is 1.62. The molecular weight excluding hydrogens is 302 g/mol. The number of aromatic nitrogens is 4. The molecule has 0 radical (unpaired) electrons. The van der Waals surface area contributed by atoms with Gasteiger partial charge in [-0.15, -0.1) is 11.3 Å². The number of carbonyl (C=O) groups is 1. The smallest absolute Gasteiger partial charge is 0.340 e. The molecule has 0 aliphatic carbocycles. The highest BCUT2D eigenvalue weighted by Crippen LogP contribution is 2.22. The Labute approximate surface area is 129 Å². The highest BCUT2D eigenvalue weighted by molar-refractivity contribution is 7.13. The molecule has 22 heavy (non-hydrogen) atoms. The summed E-state index contributed by atoms with van der Waals surface area (Å²) in [5, 5.41) is 10.8. The molecule has 0 atom stereocenters. The van der Waals surface area contributed by atoms with Crippen molar-refractivity contribution in [1.29, 1.82) is 0 Å². The van der Waals surface area contributed by atoms with E-state index in [0.29, 0.717) is 24.5 Å². The van der Waals surface area contributed by atoms with Crippen LogP contribution in [0, 0.1) is 0 Å². The van der Waals surface area contributed by atoms with Crippen LogP contribution in [0.1, 0.15) is 16.3 Å². The SMILES string of the molecule is O=C(NCCc1n[nH]c(=O)[nH]1)c1cccc(-c2cccs2)n1. The monoisotopic (exact) mass is 315 g/mol. The molecule has 3 heterocycles. The summed E-state index contributed by atoms with van der Waals surface area (Å²) in [5.41, 5.74) is 0.785. The molecule has 1 amide bonds. The lowest BCUT2D eigenvalue weighted by Crippen LogP contribution is -2.26. The quantitative estimate of drug-likeness (QED) is 0.658. The van der Waals surface area contributed by atoms with E-state index in [0.717, 1.165) is 10.6 Å². The summed E-state index contributed by atoms with van der Waals surface area (Å²) in [7, 11) is 0. The molecule has 7 nitrogen and oxygen atoms in total. The Morgan fingerprint density at radius 1 is 1.27 bits per heavy atom. The van der Waals surface area contributed by atoms with Crippen LogP contribution in [0.3, 0.4) is 0 Å². The van der Waals surface area contributed by atoms with Crippen molar-refractivity contribution in [1.82, 2.24) is 25.5 Å². The number of nitrogens with one attached hydrogen (secondary N) is 3. The van der Waals surface area contributed by atoms with E-state index in [1.54, 1.807) is 17.4 Å². The molecule has 0 aromatic carbocycles. The van der Waals surface area contributed by atoms with E-state index < -0.39 is 0 Å². The van der Waals surface area contributed by atoms with Gasteiger partial charge in [-0.3, -0.25) is 9.78 Å². The molecule has 0 unspecified atom stereocenters. The molecule has 0 bridgehead atoms. The summed E-state index contributed by atoms with van der Waals surface area (Å²) in [5.74, 6) is 0.252. The van der Waals surface area contributed by atoms with Gasteiger partial charge in [-0.1, -0.05) is 12.1 Å². The zero-order valence-corrected chi connectivity index (χ0v) is 12.3. The maximum Gasteiger partial charge on any atom is 0.340 e. The highest BCUT2D eigenvalue weighted by atomic mass is 32.1. The largest absolute Gasteiger partial charge is 0.350 e. The van der Waals surface area contributed by atoms with Gasteiger partial charge in [0.1, 0.15) is 11.5 Å². The third-order valence-electron chi connectivity index (χ3n) is 2.95. The fourth-order valence-corrected chi connectivity index (χ4v) is 2.63. The molecule has 3 aromatic rings. The molecule has 3 rings (SSSR count). The number of H-pyrrole nitrogens is 2. The van der Waals surface area contributed by atoms with Crippen molar-refractivity contribution in [3.05, 3.63) is 57.7 Å². The first-order valence-electron chi connectivity index (χ1n) is 6.65. The van der Waals surface area contributed by atoms with E-state index >= 15 is 0 Å². The first-order chi connectivity index (χ1) is 10.7. The number of hydrogen-bond donors (Lipinski definition) is 3. The van der Waals surface area contributed by atoms with Gasteiger partial charge in [-0.05, 0) is 23.6 Å². The molecule has 8 heteroatoms.